The van der Waals surface area contributed by atoms with Crippen LogP contribution < -0.4 is 5.73 Å². The minimum absolute atomic E-state index is 0.480. The third-order valence-electron chi connectivity index (χ3n) is 2.84. The summed E-state index contributed by atoms with van der Waals surface area (Å²) >= 11 is 0. The number of anilines is 1. The lowest BCUT2D eigenvalue weighted by atomic mass is 9.88. The molecule has 1 aromatic rings. The average molecular weight is 180 g/mol. The summed E-state index contributed by atoms with van der Waals surface area (Å²) in [5, 5.41) is 8.29. The van der Waals surface area contributed by atoms with E-state index in [1.165, 1.54) is 25.7 Å². The summed E-state index contributed by atoms with van der Waals surface area (Å²) in [7, 11) is 0. The molecule has 0 aromatic carbocycles. The molecule has 1 aliphatic carbocycles. The van der Waals surface area contributed by atoms with E-state index in [1.54, 1.807) is 11.0 Å². The maximum atomic E-state index is 5.52. The normalized spacial score (nSPS) is 29.0. The summed E-state index contributed by atoms with van der Waals surface area (Å²) in [6, 6.07) is 0.480. The van der Waals surface area contributed by atoms with Gasteiger partial charge in [0.25, 0.3) is 0 Å². The van der Waals surface area contributed by atoms with Crippen molar-refractivity contribution in [1.82, 2.24) is 15.0 Å². The molecule has 4 heteroatoms. The molecule has 0 bridgehead atoms. The Balaban J connectivity index is 2.02. The molecule has 0 unspecified atom stereocenters. The van der Waals surface area contributed by atoms with Gasteiger partial charge in [0.05, 0.1) is 12.2 Å². The molecule has 0 aliphatic heterocycles. The predicted octanol–water partition coefficient (Wildman–Crippen LogP) is 1.61. The number of nitrogens with two attached hydrogens (primary N) is 1. The van der Waals surface area contributed by atoms with Crippen molar-refractivity contribution in [3.63, 3.8) is 0 Å². The van der Waals surface area contributed by atoms with Gasteiger partial charge < -0.3 is 5.73 Å². The van der Waals surface area contributed by atoms with E-state index in [0.717, 1.165) is 5.92 Å². The Kier molecular flexibility index (Phi) is 2.20. The van der Waals surface area contributed by atoms with E-state index in [2.05, 4.69) is 17.1 Å². The molecule has 72 valence electrons. The molecule has 2 N–H and O–H groups in total. The van der Waals surface area contributed by atoms with Crippen LogP contribution in [0.1, 0.15) is 38.6 Å². The van der Waals surface area contributed by atoms with Crippen LogP contribution in [0.3, 0.4) is 0 Å². The number of aromatic nitrogens is 3. The van der Waals surface area contributed by atoms with E-state index in [-0.39, 0.29) is 0 Å². The summed E-state index contributed by atoms with van der Waals surface area (Å²) in [4.78, 5) is 1.78. The third-order valence-corrected chi connectivity index (χ3v) is 2.84. The fraction of sp³-hybridized carbons (Fsp3) is 0.778. The second-order valence-corrected chi connectivity index (χ2v) is 4.00. The molecule has 13 heavy (non-hydrogen) atoms. The van der Waals surface area contributed by atoms with Crippen LogP contribution >= 0.6 is 0 Å². The predicted molar refractivity (Wildman–Crippen MR) is 51.1 cm³/mol. The molecule has 2 rings (SSSR count). The van der Waals surface area contributed by atoms with Gasteiger partial charge in [0, 0.05) is 0 Å². The fourth-order valence-corrected chi connectivity index (χ4v) is 1.94. The van der Waals surface area contributed by atoms with Gasteiger partial charge >= 0.3 is 0 Å². The second kappa shape index (κ2) is 3.36. The van der Waals surface area contributed by atoms with Crippen LogP contribution in [-0.2, 0) is 0 Å². The number of nitrogens with zero attached hydrogens (tertiary/aromatic N) is 3. The SMILES string of the molecule is CC1CCC(n2ncc(N)n2)CC1. The Hall–Kier alpha value is -1.06. The summed E-state index contributed by atoms with van der Waals surface area (Å²) in [5.41, 5.74) is 5.52. The maximum Gasteiger partial charge on any atom is 0.165 e. The molecule has 0 saturated heterocycles. The maximum absolute atomic E-state index is 5.52. The molecule has 1 fully saturated rings. The molecule has 1 aliphatic rings. The molecular formula is C9H16N4. The second-order valence-electron chi connectivity index (χ2n) is 4.00. The van der Waals surface area contributed by atoms with Gasteiger partial charge in [0.15, 0.2) is 5.82 Å². The lowest BCUT2D eigenvalue weighted by Gasteiger charge is -2.25. The first kappa shape index (κ1) is 8.53. The van der Waals surface area contributed by atoms with Gasteiger partial charge in [-0.1, -0.05) is 6.92 Å². The Morgan fingerprint density at radius 1 is 1.38 bits per heavy atom. The standard InChI is InChI=1S/C9H16N4/c1-7-2-4-8(5-3-7)13-11-6-9(10)12-13/h6-8H,2-5H2,1H3,(H2,10,12). The number of rotatable bonds is 1. The molecular weight excluding hydrogens is 164 g/mol. The van der Waals surface area contributed by atoms with Crippen molar-refractivity contribution in [1.29, 1.82) is 0 Å². The van der Waals surface area contributed by atoms with Crippen molar-refractivity contribution < 1.29 is 0 Å². The Labute approximate surface area is 78.1 Å². The number of hydrogen-bond donors (Lipinski definition) is 1. The van der Waals surface area contributed by atoms with Gasteiger partial charge in [-0.25, -0.2) is 0 Å². The lowest BCUT2D eigenvalue weighted by Crippen LogP contribution is -2.18. The van der Waals surface area contributed by atoms with Crippen LogP contribution in [0.4, 0.5) is 5.82 Å². The van der Waals surface area contributed by atoms with Crippen LogP contribution in [0, 0.1) is 5.92 Å². The van der Waals surface area contributed by atoms with Crippen molar-refractivity contribution in [3.8, 4) is 0 Å². The van der Waals surface area contributed by atoms with Gasteiger partial charge in [-0.3, -0.25) is 0 Å². The summed E-state index contributed by atoms with van der Waals surface area (Å²) < 4.78 is 0. The van der Waals surface area contributed by atoms with Crippen molar-refractivity contribution in [2.24, 2.45) is 5.92 Å². The van der Waals surface area contributed by atoms with Crippen molar-refractivity contribution >= 4 is 5.82 Å². The molecule has 1 heterocycles. The molecule has 1 aromatic heterocycles. The molecule has 1 saturated carbocycles. The Bertz CT molecular complexity index is 273. The van der Waals surface area contributed by atoms with E-state index in [4.69, 9.17) is 5.73 Å². The van der Waals surface area contributed by atoms with E-state index < -0.39 is 0 Å². The van der Waals surface area contributed by atoms with Gasteiger partial charge in [-0.15, -0.1) is 5.10 Å². The van der Waals surface area contributed by atoms with Crippen LogP contribution in [0.5, 0.6) is 0 Å². The summed E-state index contributed by atoms with van der Waals surface area (Å²) in [5.74, 6) is 1.39. The zero-order valence-corrected chi connectivity index (χ0v) is 7.98. The highest BCUT2D eigenvalue weighted by atomic mass is 15.5. The summed E-state index contributed by atoms with van der Waals surface area (Å²) in [6.07, 6.45) is 6.57. The van der Waals surface area contributed by atoms with E-state index in [1.807, 2.05) is 0 Å². The lowest BCUT2D eigenvalue weighted by molar-refractivity contribution is 0.255. The molecule has 4 nitrogen and oxygen atoms in total. The highest BCUT2D eigenvalue weighted by molar-refractivity contribution is 5.19. The first-order chi connectivity index (χ1) is 6.25. The highest BCUT2D eigenvalue weighted by Crippen LogP contribution is 2.30. The Morgan fingerprint density at radius 3 is 2.62 bits per heavy atom. The van der Waals surface area contributed by atoms with Gasteiger partial charge in [0.1, 0.15) is 0 Å². The largest absolute Gasteiger partial charge is 0.381 e. The first-order valence-corrected chi connectivity index (χ1v) is 4.93. The third kappa shape index (κ3) is 1.82. The molecule has 0 radical (unpaired) electrons. The minimum atomic E-state index is 0.480. The van der Waals surface area contributed by atoms with Crippen LogP contribution in [-0.4, -0.2) is 15.0 Å². The fourth-order valence-electron chi connectivity index (χ4n) is 1.94. The summed E-state index contributed by atoms with van der Waals surface area (Å²) in [6.45, 7) is 2.31. The van der Waals surface area contributed by atoms with Crippen LogP contribution in [0.25, 0.3) is 0 Å². The van der Waals surface area contributed by atoms with E-state index in [0.29, 0.717) is 11.9 Å². The van der Waals surface area contributed by atoms with Crippen molar-refractivity contribution in [3.05, 3.63) is 6.20 Å². The molecule has 0 amide bonds. The quantitative estimate of drug-likeness (QED) is 0.714. The average Bonchev–Trinajstić information content (AvgIpc) is 2.53. The van der Waals surface area contributed by atoms with E-state index in [9.17, 15) is 0 Å². The zero-order chi connectivity index (χ0) is 9.26. The van der Waals surface area contributed by atoms with Crippen LogP contribution in [0.15, 0.2) is 6.20 Å². The highest BCUT2D eigenvalue weighted by Gasteiger charge is 2.20. The molecule has 0 atom stereocenters. The minimum Gasteiger partial charge on any atom is -0.381 e. The van der Waals surface area contributed by atoms with Gasteiger partial charge in [-0.05, 0) is 31.6 Å². The van der Waals surface area contributed by atoms with E-state index >= 15 is 0 Å². The van der Waals surface area contributed by atoms with Crippen molar-refractivity contribution in [2.75, 3.05) is 5.73 Å². The van der Waals surface area contributed by atoms with Gasteiger partial charge in [-0.2, -0.15) is 9.90 Å². The van der Waals surface area contributed by atoms with Crippen molar-refractivity contribution in [2.45, 2.75) is 38.6 Å². The number of hydrogen-bond acceptors (Lipinski definition) is 3. The number of nitrogen functional groups attached to an aromatic ring is 1. The van der Waals surface area contributed by atoms with Crippen LogP contribution in [0.2, 0.25) is 0 Å². The zero-order valence-electron chi connectivity index (χ0n) is 7.98. The monoisotopic (exact) mass is 180 g/mol. The first-order valence-electron chi connectivity index (χ1n) is 4.93. The molecule has 0 spiro atoms. The van der Waals surface area contributed by atoms with Gasteiger partial charge in [0.2, 0.25) is 0 Å². The Morgan fingerprint density at radius 2 is 2.08 bits per heavy atom. The topological polar surface area (TPSA) is 56.7 Å². The smallest absolute Gasteiger partial charge is 0.165 e.